The Morgan fingerprint density at radius 1 is 0.962 bits per heavy atom. The zero-order valence-electron chi connectivity index (χ0n) is 15.7. The number of nitrogens with zero attached hydrogens (tertiary/aromatic N) is 1. The fraction of sp³-hybridized carbons (Fsp3) is 0.400. The molecule has 1 heterocycles. The van der Waals surface area contributed by atoms with Crippen LogP contribution >= 0.6 is 0 Å². The van der Waals surface area contributed by atoms with E-state index < -0.39 is 10.0 Å². The summed E-state index contributed by atoms with van der Waals surface area (Å²) in [6.07, 6.45) is 1.63. The lowest BCUT2D eigenvalue weighted by molar-refractivity contribution is 0.351. The van der Waals surface area contributed by atoms with E-state index in [1.807, 2.05) is 38.1 Å². The molecule has 0 bridgehead atoms. The molecule has 0 saturated carbocycles. The maximum Gasteiger partial charge on any atom is 0.243 e. The highest BCUT2D eigenvalue weighted by atomic mass is 32.2. The maximum atomic E-state index is 13.2. The van der Waals surface area contributed by atoms with E-state index in [9.17, 15) is 8.42 Å². The molecule has 2 aromatic rings. The molecular weight excluding hydrogens is 350 g/mol. The molecule has 1 fully saturated rings. The number of hydrogen-bond donors (Lipinski definition) is 0. The Bertz CT molecular complexity index is 908. The highest BCUT2D eigenvalue weighted by molar-refractivity contribution is 7.89. The van der Waals surface area contributed by atoms with Gasteiger partial charge >= 0.3 is 0 Å². The smallest absolute Gasteiger partial charge is 0.243 e. The molecule has 2 aromatic carbocycles. The van der Waals surface area contributed by atoms with Crippen molar-refractivity contribution in [3.63, 3.8) is 0 Å². The largest absolute Gasteiger partial charge is 0.493 e. The fourth-order valence-electron chi connectivity index (χ4n) is 3.43. The SMILES string of the molecule is COc1ccc(C2CCCN2S(=O)(=O)c2ccc(C)c(C)c2)cc1OC. The molecule has 1 atom stereocenters. The lowest BCUT2D eigenvalue weighted by atomic mass is 10.0. The molecule has 3 rings (SSSR count). The minimum Gasteiger partial charge on any atom is -0.493 e. The Balaban J connectivity index is 1.98. The summed E-state index contributed by atoms with van der Waals surface area (Å²) in [5, 5.41) is 0. The number of sulfonamides is 1. The molecule has 26 heavy (non-hydrogen) atoms. The van der Waals surface area contributed by atoms with Crippen LogP contribution in [0.3, 0.4) is 0 Å². The minimum atomic E-state index is -3.55. The molecular formula is C20H25NO4S. The average Bonchev–Trinajstić information content (AvgIpc) is 3.14. The monoisotopic (exact) mass is 375 g/mol. The fourth-order valence-corrected chi connectivity index (χ4v) is 5.20. The Labute approximate surface area is 155 Å². The van der Waals surface area contributed by atoms with Gasteiger partial charge in [-0.1, -0.05) is 12.1 Å². The first-order chi connectivity index (χ1) is 12.4. The van der Waals surface area contributed by atoms with E-state index in [0.29, 0.717) is 22.9 Å². The summed E-state index contributed by atoms with van der Waals surface area (Å²) in [5.41, 5.74) is 2.99. The molecule has 6 heteroatoms. The normalized spacial score (nSPS) is 18.1. The molecule has 0 spiro atoms. The first-order valence-corrected chi connectivity index (χ1v) is 10.1. The summed E-state index contributed by atoms with van der Waals surface area (Å²) >= 11 is 0. The molecule has 1 saturated heterocycles. The third-order valence-corrected chi connectivity index (χ3v) is 6.99. The van der Waals surface area contributed by atoms with Crippen LogP contribution in [-0.4, -0.2) is 33.5 Å². The first kappa shape index (κ1) is 18.7. The van der Waals surface area contributed by atoms with Gasteiger partial charge in [-0.05, 0) is 67.6 Å². The molecule has 1 aliphatic rings. The Morgan fingerprint density at radius 2 is 1.69 bits per heavy atom. The lowest BCUT2D eigenvalue weighted by Crippen LogP contribution is -2.30. The van der Waals surface area contributed by atoms with Gasteiger partial charge in [0, 0.05) is 6.54 Å². The van der Waals surface area contributed by atoms with Crippen LogP contribution in [0.5, 0.6) is 11.5 Å². The highest BCUT2D eigenvalue weighted by Crippen LogP contribution is 2.39. The second-order valence-corrected chi connectivity index (χ2v) is 8.52. The molecule has 0 N–H and O–H groups in total. The topological polar surface area (TPSA) is 55.8 Å². The van der Waals surface area contributed by atoms with Crippen molar-refractivity contribution < 1.29 is 17.9 Å². The predicted molar refractivity (Wildman–Crippen MR) is 101 cm³/mol. The standard InChI is InChI=1S/C20H25NO4S/c1-14-7-9-17(12-15(14)2)26(22,23)21-11-5-6-18(21)16-8-10-19(24-3)20(13-16)25-4/h7-10,12-13,18H,5-6,11H2,1-4H3. The predicted octanol–water partition coefficient (Wildman–Crippen LogP) is 3.85. The van der Waals surface area contributed by atoms with Crippen LogP contribution in [0, 0.1) is 13.8 Å². The quantitative estimate of drug-likeness (QED) is 0.797. The van der Waals surface area contributed by atoms with E-state index >= 15 is 0 Å². The average molecular weight is 375 g/mol. The summed E-state index contributed by atoms with van der Waals surface area (Å²) in [7, 11) is -0.379. The Morgan fingerprint density at radius 3 is 2.35 bits per heavy atom. The Kier molecular flexibility index (Phi) is 5.25. The molecule has 0 amide bonds. The van der Waals surface area contributed by atoms with Crippen LogP contribution in [0.15, 0.2) is 41.3 Å². The van der Waals surface area contributed by atoms with Crippen LogP contribution in [0.1, 0.15) is 35.6 Å². The van der Waals surface area contributed by atoms with Crippen molar-refractivity contribution in [2.45, 2.75) is 37.6 Å². The third kappa shape index (κ3) is 3.31. The summed E-state index contributed by atoms with van der Waals surface area (Å²) in [5.74, 6) is 1.25. The van der Waals surface area contributed by atoms with E-state index in [1.54, 1.807) is 30.7 Å². The van der Waals surface area contributed by atoms with E-state index in [0.717, 1.165) is 29.5 Å². The lowest BCUT2D eigenvalue weighted by Gasteiger charge is -2.25. The van der Waals surface area contributed by atoms with Crippen molar-refractivity contribution in [3.8, 4) is 11.5 Å². The number of ether oxygens (including phenoxy) is 2. The van der Waals surface area contributed by atoms with Crippen molar-refractivity contribution in [1.82, 2.24) is 4.31 Å². The van der Waals surface area contributed by atoms with Gasteiger partial charge in [-0.3, -0.25) is 0 Å². The maximum absolute atomic E-state index is 13.2. The van der Waals surface area contributed by atoms with Crippen molar-refractivity contribution in [3.05, 3.63) is 53.1 Å². The van der Waals surface area contributed by atoms with Gasteiger partial charge in [-0.2, -0.15) is 4.31 Å². The van der Waals surface area contributed by atoms with Crippen molar-refractivity contribution in [1.29, 1.82) is 0 Å². The van der Waals surface area contributed by atoms with Gasteiger partial charge in [0.25, 0.3) is 0 Å². The minimum absolute atomic E-state index is 0.193. The number of benzene rings is 2. The second-order valence-electron chi connectivity index (χ2n) is 6.63. The van der Waals surface area contributed by atoms with Crippen LogP contribution < -0.4 is 9.47 Å². The van der Waals surface area contributed by atoms with Gasteiger partial charge in [-0.15, -0.1) is 0 Å². The van der Waals surface area contributed by atoms with E-state index in [-0.39, 0.29) is 6.04 Å². The Hall–Kier alpha value is -2.05. The number of aryl methyl sites for hydroxylation is 2. The van der Waals surface area contributed by atoms with Gasteiger partial charge < -0.3 is 9.47 Å². The van der Waals surface area contributed by atoms with E-state index in [1.165, 1.54) is 0 Å². The van der Waals surface area contributed by atoms with Gasteiger partial charge in [-0.25, -0.2) is 8.42 Å². The number of methoxy groups -OCH3 is 2. The summed E-state index contributed by atoms with van der Waals surface area (Å²) < 4.78 is 38.7. The third-order valence-electron chi connectivity index (χ3n) is 5.08. The molecule has 1 unspecified atom stereocenters. The molecule has 0 aliphatic carbocycles. The van der Waals surface area contributed by atoms with Crippen molar-refractivity contribution in [2.24, 2.45) is 0 Å². The van der Waals surface area contributed by atoms with Crippen LogP contribution in [0.4, 0.5) is 0 Å². The summed E-state index contributed by atoms with van der Waals surface area (Å²) in [6.45, 7) is 4.44. The van der Waals surface area contributed by atoms with Crippen molar-refractivity contribution >= 4 is 10.0 Å². The van der Waals surface area contributed by atoms with E-state index in [2.05, 4.69) is 0 Å². The molecule has 0 aromatic heterocycles. The van der Waals surface area contributed by atoms with E-state index in [4.69, 9.17) is 9.47 Å². The van der Waals surface area contributed by atoms with Crippen LogP contribution in [0.25, 0.3) is 0 Å². The molecule has 0 radical (unpaired) electrons. The molecule has 140 valence electrons. The van der Waals surface area contributed by atoms with Gasteiger partial charge in [0.1, 0.15) is 0 Å². The number of hydrogen-bond acceptors (Lipinski definition) is 4. The molecule has 5 nitrogen and oxygen atoms in total. The first-order valence-electron chi connectivity index (χ1n) is 8.69. The van der Waals surface area contributed by atoms with Crippen molar-refractivity contribution in [2.75, 3.05) is 20.8 Å². The molecule has 1 aliphatic heterocycles. The highest BCUT2D eigenvalue weighted by Gasteiger charge is 2.36. The second kappa shape index (κ2) is 7.29. The zero-order chi connectivity index (χ0) is 18.9. The van der Waals surface area contributed by atoms with Gasteiger partial charge in [0.2, 0.25) is 10.0 Å². The summed E-state index contributed by atoms with van der Waals surface area (Å²) in [6, 6.07) is 10.7. The van der Waals surface area contributed by atoms with Gasteiger partial charge in [0.15, 0.2) is 11.5 Å². The summed E-state index contributed by atoms with van der Waals surface area (Å²) in [4.78, 5) is 0.355. The van der Waals surface area contributed by atoms with Crippen LogP contribution in [-0.2, 0) is 10.0 Å². The zero-order valence-corrected chi connectivity index (χ0v) is 16.5. The van der Waals surface area contributed by atoms with Crippen LogP contribution in [0.2, 0.25) is 0 Å². The number of rotatable bonds is 5. The van der Waals surface area contributed by atoms with Gasteiger partial charge in [0.05, 0.1) is 25.2 Å².